The summed E-state index contributed by atoms with van der Waals surface area (Å²) in [6, 6.07) is 8.28. The standard InChI is InChI=1S/C21H22F3N3O3/c1-13-3-5-17(14(2)11-13)25-20(28)15-7-9-26(10-8-15)18-6-4-16(21(22,23)24)12-19(18)27(29)30/h3-6,11-12,15H,7-10H2,1-2H3,(H,25,28). The minimum absolute atomic E-state index is 0.122. The summed E-state index contributed by atoms with van der Waals surface area (Å²) in [4.78, 5) is 24.8. The van der Waals surface area contributed by atoms with Crippen molar-refractivity contribution in [3.63, 3.8) is 0 Å². The molecule has 6 nitrogen and oxygen atoms in total. The molecule has 3 rings (SSSR count). The lowest BCUT2D eigenvalue weighted by atomic mass is 9.95. The second kappa shape index (κ2) is 8.33. The Kier molecular flexibility index (Phi) is 6.00. The average Bonchev–Trinajstić information content (AvgIpc) is 2.69. The fourth-order valence-corrected chi connectivity index (χ4v) is 3.68. The van der Waals surface area contributed by atoms with Crippen molar-refractivity contribution in [1.29, 1.82) is 0 Å². The molecule has 1 N–H and O–H groups in total. The Morgan fingerprint density at radius 3 is 2.37 bits per heavy atom. The molecule has 0 unspecified atom stereocenters. The van der Waals surface area contributed by atoms with Crippen molar-refractivity contribution >= 4 is 23.0 Å². The van der Waals surface area contributed by atoms with Crippen LogP contribution in [-0.4, -0.2) is 23.9 Å². The van der Waals surface area contributed by atoms with Gasteiger partial charge in [-0.1, -0.05) is 17.7 Å². The van der Waals surface area contributed by atoms with Crippen molar-refractivity contribution in [2.75, 3.05) is 23.3 Å². The van der Waals surface area contributed by atoms with E-state index in [0.717, 1.165) is 28.9 Å². The molecule has 0 spiro atoms. The van der Waals surface area contributed by atoms with Gasteiger partial charge in [0, 0.05) is 30.8 Å². The lowest BCUT2D eigenvalue weighted by Crippen LogP contribution is -2.38. The molecule has 0 aromatic heterocycles. The van der Waals surface area contributed by atoms with Gasteiger partial charge in [-0.25, -0.2) is 0 Å². The van der Waals surface area contributed by atoms with Crippen molar-refractivity contribution in [3.05, 3.63) is 63.2 Å². The Morgan fingerprint density at radius 1 is 1.13 bits per heavy atom. The SMILES string of the molecule is Cc1ccc(NC(=O)C2CCN(c3ccc(C(F)(F)F)cc3[N+](=O)[O-])CC2)c(C)c1. The van der Waals surface area contributed by atoms with Crippen LogP contribution < -0.4 is 10.2 Å². The number of halogens is 3. The number of nitro benzene ring substituents is 1. The molecule has 1 fully saturated rings. The van der Waals surface area contributed by atoms with Crippen LogP contribution in [0, 0.1) is 29.9 Å². The van der Waals surface area contributed by atoms with E-state index in [2.05, 4.69) is 5.32 Å². The molecule has 1 amide bonds. The van der Waals surface area contributed by atoms with Gasteiger partial charge in [0.05, 0.1) is 10.5 Å². The molecule has 1 aliphatic rings. The van der Waals surface area contributed by atoms with E-state index >= 15 is 0 Å². The van der Waals surface area contributed by atoms with Gasteiger partial charge in [0.2, 0.25) is 5.91 Å². The third-order valence-electron chi connectivity index (χ3n) is 5.35. The van der Waals surface area contributed by atoms with E-state index in [1.54, 1.807) is 4.90 Å². The second-order valence-electron chi connectivity index (χ2n) is 7.53. The molecule has 0 aliphatic carbocycles. The molecular weight excluding hydrogens is 399 g/mol. The fraction of sp³-hybridized carbons (Fsp3) is 0.381. The Balaban J connectivity index is 1.69. The number of benzene rings is 2. The van der Waals surface area contributed by atoms with Gasteiger partial charge < -0.3 is 10.2 Å². The highest BCUT2D eigenvalue weighted by Crippen LogP contribution is 2.37. The third kappa shape index (κ3) is 4.72. The van der Waals surface area contributed by atoms with Gasteiger partial charge in [-0.15, -0.1) is 0 Å². The Hall–Kier alpha value is -3.10. The Morgan fingerprint density at radius 2 is 1.80 bits per heavy atom. The van der Waals surface area contributed by atoms with E-state index in [9.17, 15) is 28.1 Å². The van der Waals surface area contributed by atoms with Crippen LogP contribution in [0.25, 0.3) is 0 Å². The zero-order valence-corrected chi connectivity index (χ0v) is 16.6. The number of hydrogen-bond donors (Lipinski definition) is 1. The number of nitrogens with one attached hydrogen (secondary N) is 1. The van der Waals surface area contributed by atoms with Gasteiger partial charge in [-0.3, -0.25) is 14.9 Å². The number of hydrogen-bond acceptors (Lipinski definition) is 4. The smallest absolute Gasteiger partial charge is 0.366 e. The third-order valence-corrected chi connectivity index (χ3v) is 5.35. The zero-order chi connectivity index (χ0) is 22.1. The maximum absolute atomic E-state index is 12.9. The highest BCUT2D eigenvalue weighted by molar-refractivity contribution is 5.93. The van der Waals surface area contributed by atoms with Crippen molar-refractivity contribution in [2.24, 2.45) is 5.92 Å². The van der Waals surface area contributed by atoms with Crippen LogP contribution in [0.2, 0.25) is 0 Å². The van der Waals surface area contributed by atoms with Crippen LogP contribution in [-0.2, 0) is 11.0 Å². The summed E-state index contributed by atoms with van der Waals surface area (Å²) in [7, 11) is 0. The van der Waals surface area contributed by atoms with Gasteiger partial charge in [0.15, 0.2) is 0 Å². The Bertz CT molecular complexity index is 968. The summed E-state index contributed by atoms with van der Waals surface area (Å²) < 4.78 is 38.7. The van der Waals surface area contributed by atoms with Crippen LogP contribution in [0.4, 0.5) is 30.2 Å². The normalized spacial score (nSPS) is 15.2. The molecular formula is C21H22F3N3O3. The molecule has 0 radical (unpaired) electrons. The van der Waals surface area contributed by atoms with Gasteiger partial charge in [0.25, 0.3) is 5.69 Å². The highest BCUT2D eigenvalue weighted by atomic mass is 19.4. The number of alkyl halides is 3. The van der Waals surface area contributed by atoms with E-state index in [-0.39, 0.29) is 17.5 Å². The van der Waals surface area contributed by atoms with Gasteiger partial charge in [0.1, 0.15) is 5.69 Å². The summed E-state index contributed by atoms with van der Waals surface area (Å²) >= 11 is 0. The number of carbonyl (C=O) groups excluding carboxylic acids is 1. The summed E-state index contributed by atoms with van der Waals surface area (Å²) in [5.74, 6) is -0.390. The number of anilines is 2. The highest BCUT2D eigenvalue weighted by Gasteiger charge is 2.35. The topological polar surface area (TPSA) is 75.5 Å². The van der Waals surface area contributed by atoms with Crippen molar-refractivity contribution in [3.8, 4) is 0 Å². The minimum Gasteiger partial charge on any atom is -0.366 e. The summed E-state index contributed by atoms with van der Waals surface area (Å²) in [5.41, 5.74) is 1.30. The van der Waals surface area contributed by atoms with Crippen molar-refractivity contribution in [1.82, 2.24) is 0 Å². The minimum atomic E-state index is -4.65. The van der Waals surface area contributed by atoms with E-state index in [0.29, 0.717) is 32.0 Å². The lowest BCUT2D eigenvalue weighted by molar-refractivity contribution is -0.384. The fourth-order valence-electron chi connectivity index (χ4n) is 3.68. The summed E-state index contributed by atoms with van der Waals surface area (Å²) in [6.45, 7) is 4.57. The molecule has 2 aromatic carbocycles. The molecule has 0 bridgehead atoms. The molecule has 1 saturated heterocycles. The molecule has 160 valence electrons. The summed E-state index contributed by atoms with van der Waals surface area (Å²) in [5, 5.41) is 14.2. The lowest BCUT2D eigenvalue weighted by Gasteiger charge is -2.32. The molecule has 2 aromatic rings. The van der Waals surface area contributed by atoms with E-state index in [1.165, 1.54) is 0 Å². The van der Waals surface area contributed by atoms with Crippen LogP contribution in [0.3, 0.4) is 0 Å². The number of rotatable bonds is 4. The molecule has 1 aliphatic heterocycles. The van der Waals surface area contributed by atoms with Crippen LogP contribution in [0.5, 0.6) is 0 Å². The van der Waals surface area contributed by atoms with E-state index in [4.69, 9.17) is 0 Å². The maximum atomic E-state index is 12.9. The molecule has 30 heavy (non-hydrogen) atoms. The summed E-state index contributed by atoms with van der Waals surface area (Å²) in [6.07, 6.45) is -3.74. The van der Waals surface area contributed by atoms with Crippen LogP contribution >= 0.6 is 0 Å². The van der Waals surface area contributed by atoms with Crippen LogP contribution in [0.1, 0.15) is 29.5 Å². The van der Waals surface area contributed by atoms with Gasteiger partial charge in [-0.2, -0.15) is 13.2 Å². The number of amides is 1. The van der Waals surface area contributed by atoms with Crippen molar-refractivity contribution in [2.45, 2.75) is 32.9 Å². The first-order valence-electron chi connectivity index (χ1n) is 9.55. The van der Waals surface area contributed by atoms with Crippen molar-refractivity contribution < 1.29 is 22.9 Å². The number of carbonyl (C=O) groups is 1. The predicted octanol–water partition coefficient (Wildman–Crippen LogP) is 5.09. The molecule has 0 saturated carbocycles. The van der Waals surface area contributed by atoms with Gasteiger partial charge in [-0.05, 0) is 50.5 Å². The number of piperidine rings is 1. The number of nitrogens with zero attached hydrogens (tertiary/aromatic N) is 2. The number of aryl methyl sites for hydroxylation is 2. The second-order valence-corrected chi connectivity index (χ2v) is 7.53. The van der Waals surface area contributed by atoms with E-state index < -0.39 is 22.4 Å². The van der Waals surface area contributed by atoms with E-state index in [1.807, 2.05) is 32.0 Å². The first kappa shape index (κ1) is 21.6. The zero-order valence-electron chi connectivity index (χ0n) is 16.6. The van der Waals surface area contributed by atoms with Gasteiger partial charge >= 0.3 is 6.18 Å². The monoisotopic (exact) mass is 421 g/mol. The number of nitro groups is 1. The average molecular weight is 421 g/mol. The quantitative estimate of drug-likeness (QED) is 0.551. The molecule has 1 heterocycles. The van der Waals surface area contributed by atoms with Crippen LogP contribution in [0.15, 0.2) is 36.4 Å². The predicted molar refractivity (Wildman–Crippen MR) is 108 cm³/mol. The first-order chi connectivity index (χ1) is 14.1. The largest absolute Gasteiger partial charge is 0.416 e. The molecule has 0 atom stereocenters. The first-order valence-corrected chi connectivity index (χ1v) is 9.55. The Labute approximate surface area is 171 Å². The molecule has 9 heteroatoms. The maximum Gasteiger partial charge on any atom is 0.416 e.